The second-order valence-electron chi connectivity index (χ2n) is 4.46. The molecule has 2 nitrogen and oxygen atoms in total. The minimum absolute atomic E-state index is 0.249. The van der Waals surface area contributed by atoms with Crippen LogP contribution in [-0.2, 0) is 0 Å². The van der Waals surface area contributed by atoms with E-state index in [-0.39, 0.29) is 6.04 Å². The monoisotopic (exact) mass is 224 g/mol. The highest BCUT2D eigenvalue weighted by molar-refractivity contribution is 4.78. The predicted molar refractivity (Wildman–Crippen MR) is 53.8 cm³/mol. The molecule has 0 bridgehead atoms. The van der Waals surface area contributed by atoms with Gasteiger partial charge in [-0.3, -0.25) is 0 Å². The number of hydrogen-bond donors (Lipinski definition) is 1. The van der Waals surface area contributed by atoms with Crippen LogP contribution in [0.1, 0.15) is 26.2 Å². The third-order valence-electron chi connectivity index (χ3n) is 2.78. The summed E-state index contributed by atoms with van der Waals surface area (Å²) in [5, 5.41) is 3.05. The topological polar surface area (TPSA) is 15.3 Å². The molecule has 1 aliphatic heterocycles. The van der Waals surface area contributed by atoms with Gasteiger partial charge in [0.1, 0.15) is 0 Å². The lowest BCUT2D eigenvalue weighted by Crippen LogP contribution is -2.45. The fourth-order valence-electron chi connectivity index (χ4n) is 1.98. The summed E-state index contributed by atoms with van der Waals surface area (Å²) in [6.07, 6.45) is -2.91. The Hall–Kier alpha value is -0.290. The maximum Gasteiger partial charge on any atom is 0.390 e. The van der Waals surface area contributed by atoms with Crippen molar-refractivity contribution in [1.29, 1.82) is 0 Å². The van der Waals surface area contributed by atoms with Crippen LogP contribution in [-0.4, -0.2) is 43.3 Å². The molecule has 1 N–H and O–H groups in total. The maximum absolute atomic E-state index is 12.1. The van der Waals surface area contributed by atoms with E-state index >= 15 is 0 Å². The Labute approximate surface area is 88.8 Å². The summed E-state index contributed by atoms with van der Waals surface area (Å²) < 4.78 is 36.2. The summed E-state index contributed by atoms with van der Waals surface area (Å²) in [6, 6.07) is -0.225. The van der Waals surface area contributed by atoms with Crippen molar-refractivity contribution in [3.63, 3.8) is 0 Å². The van der Waals surface area contributed by atoms with Crippen molar-refractivity contribution in [2.24, 2.45) is 0 Å². The third kappa shape index (κ3) is 5.37. The largest absolute Gasteiger partial charge is 0.390 e. The van der Waals surface area contributed by atoms with Crippen LogP contribution in [0.5, 0.6) is 0 Å². The Bertz CT molecular complexity index is 186. The van der Waals surface area contributed by atoms with Crippen molar-refractivity contribution in [3.8, 4) is 0 Å². The number of nitrogens with one attached hydrogen (secondary N) is 1. The van der Waals surface area contributed by atoms with Gasteiger partial charge in [0.15, 0.2) is 0 Å². The SMILES string of the molecule is CC(CC(F)(F)F)NC1CCN(C)CC1. The molecule has 0 radical (unpaired) electrons. The second kappa shape index (κ2) is 5.16. The molecular weight excluding hydrogens is 205 g/mol. The molecule has 0 aliphatic carbocycles. The van der Waals surface area contributed by atoms with E-state index in [0.29, 0.717) is 0 Å². The van der Waals surface area contributed by atoms with Crippen molar-refractivity contribution in [1.82, 2.24) is 10.2 Å². The van der Waals surface area contributed by atoms with E-state index in [1.165, 1.54) is 0 Å². The van der Waals surface area contributed by atoms with E-state index in [1.54, 1.807) is 6.92 Å². The fourth-order valence-corrected chi connectivity index (χ4v) is 1.98. The zero-order valence-electron chi connectivity index (χ0n) is 9.27. The summed E-state index contributed by atoms with van der Waals surface area (Å²) in [6.45, 7) is 3.54. The van der Waals surface area contributed by atoms with Crippen LogP contribution in [0.3, 0.4) is 0 Å². The normalized spacial score (nSPS) is 23.0. The summed E-state index contributed by atoms with van der Waals surface area (Å²) in [5.41, 5.74) is 0. The van der Waals surface area contributed by atoms with Gasteiger partial charge in [-0.15, -0.1) is 0 Å². The molecule has 0 aromatic carbocycles. The number of piperidine rings is 1. The Balaban J connectivity index is 2.23. The number of rotatable bonds is 3. The fraction of sp³-hybridized carbons (Fsp3) is 1.00. The molecule has 0 aromatic heterocycles. The molecule has 90 valence electrons. The zero-order valence-corrected chi connectivity index (χ0v) is 9.27. The van der Waals surface area contributed by atoms with E-state index in [1.807, 2.05) is 7.05 Å². The van der Waals surface area contributed by atoms with Gasteiger partial charge in [-0.1, -0.05) is 0 Å². The quantitative estimate of drug-likeness (QED) is 0.789. The van der Waals surface area contributed by atoms with Crippen LogP contribution in [0.4, 0.5) is 13.2 Å². The molecule has 1 rings (SSSR count). The second-order valence-corrected chi connectivity index (χ2v) is 4.46. The van der Waals surface area contributed by atoms with Crippen LogP contribution in [0.2, 0.25) is 0 Å². The van der Waals surface area contributed by atoms with Crippen molar-refractivity contribution in [2.45, 2.75) is 44.4 Å². The average Bonchev–Trinajstić information content (AvgIpc) is 2.05. The third-order valence-corrected chi connectivity index (χ3v) is 2.78. The van der Waals surface area contributed by atoms with Gasteiger partial charge in [-0.25, -0.2) is 0 Å². The molecular formula is C10H19F3N2. The van der Waals surface area contributed by atoms with Gasteiger partial charge in [-0.05, 0) is 39.9 Å². The smallest absolute Gasteiger partial charge is 0.311 e. The van der Waals surface area contributed by atoms with Gasteiger partial charge in [-0.2, -0.15) is 13.2 Å². The summed E-state index contributed by atoms with van der Waals surface area (Å²) in [7, 11) is 2.04. The zero-order chi connectivity index (χ0) is 11.5. The molecule has 1 aliphatic rings. The average molecular weight is 224 g/mol. The van der Waals surface area contributed by atoms with Crippen LogP contribution >= 0.6 is 0 Å². The van der Waals surface area contributed by atoms with Gasteiger partial charge in [0, 0.05) is 12.1 Å². The van der Waals surface area contributed by atoms with Crippen LogP contribution in [0, 0.1) is 0 Å². The van der Waals surface area contributed by atoms with Gasteiger partial charge in [0.2, 0.25) is 0 Å². The van der Waals surface area contributed by atoms with Crippen LogP contribution in [0.25, 0.3) is 0 Å². The van der Waals surface area contributed by atoms with E-state index in [9.17, 15) is 13.2 Å². The lowest BCUT2D eigenvalue weighted by atomic mass is 10.0. The molecule has 0 spiro atoms. The lowest BCUT2D eigenvalue weighted by molar-refractivity contribution is -0.139. The highest BCUT2D eigenvalue weighted by Crippen LogP contribution is 2.22. The van der Waals surface area contributed by atoms with Crippen molar-refractivity contribution < 1.29 is 13.2 Å². The van der Waals surface area contributed by atoms with Gasteiger partial charge in [0.05, 0.1) is 6.42 Å². The molecule has 0 amide bonds. The summed E-state index contributed by atoms with van der Waals surface area (Å²) in [4.78, 5) is 2.20. The van der Waals surface area contributed by atoms with Gasteiger partial charge in [0.25, 0.3) is 0 Å². The first-order valence-electron chi connectivity index (χ1n) is 5.38. The maximum atomic E-state index is 12.1. The number of nitrogens with zero attached hydrogens (tertiary/aromatic N) is 1. The molecule has 1 atom stereocenters. The minimum Gasteiger partial charge on any atom is -0.311 e. The number of likely N-dealkylation sites (tertiary alicyclic amines) is 1. The Kier molecular flexibility index (Phi) is 4.40. The van der Waals surface area contributed by atoms with Crippen molar-refractivity contribution >= 4 is 0 Å². The highest BCUT2D eigenvalue weighted by Gasteiger charge is 2.31. The Morgan fingerprint density at radius 2 is 1.87 bits per heavy atom. The molecule has 1 unspecified atom stereocenters. The summed E-state index contributed by atoms with van der Waals surface area (Å²) in [5.74, 6) is 0. The van der Waals surface area contributed by atoms with E-state index < -0.39 is 18.6 Å². The van der Waals surface area contributed by atoms with Crippen LogP contribution in [0.15, 0.2) is 0 Å². The molecule has 15 heavy (non-hydrogen) atoms. The van der Waals surface area contributed by atoms with Crippen molar-refractivity contribution in [2.75, 3.05) is 20.1 Å². The standard InChI is InChI=1S/C10H19F3N2/c1-8(7-10(11,12)13)14-9-3-5-15(2)6-4-9/h8-9,14H,3-7H2,1-2H3. The summed E-state index contributed by atoms with van der Waals surface area (Å²) >= 11 is 0. The van der Waals surface area contributed by atoms with Crippen LogP contribution < -0.4 is 5.32 Å². The highest BCUT2D eigenvalue weighted by atomic mass is 19.4. The van der Waals surface area contributed by atoms with Gasteiger partial charge >= 0.3 is 6.18 Å². The van der Waals surface area contributed by atoms with E-state index in [4.69, 9.17) is 0 Å². The molecule has 5 heteroatoms. The number of halogens is 3. The first-order chi connectivity index (χ1) is 6.87. The molecule has 0 aromatic rings. The van der Waals surface area contributed by atoms with Crippen molar-refractivity contribution in [3.05, 3.63) is 0 Å². The Morgan fingerprint density at radius 1 is 1.33 bits per heavy atom. The predicted octanol–water partition coefficient (Wildman–Crippen LogP) is 2.01. The molecule has 1 fully saturated rings. The van der Waals surface area contributed by atoms with Gasteiger partial charge < -0.3 is 10.2 Å². The molecule has 1 heterocycles. The lowest BCUT2D eigenvalue weighted by Gasteiger charge is -2.31. The first-order valence-corrected chi connectivity index (χ1v) is 5.38. The first kappa shape index (κ1) is 12.8. The molecule has 0 saturated carbocycles. The minimum atomic E-state index is -4.06. The Morgan fingerprint density at radius 3 is 2.33 bits per heavy atom. The molecule has 1 saturated heterocycles. The number of alkyl halides is 3. The number of hydrogen-bond acceptors (Lipinski definition) is 2. The van der Waals surface area contributed by atoms with E-state index in [0.717, 1.165) is 25.9 Å². The van der Waals surface area contributed by atoms with E-state index in [2.05, 4.69) is 10.2 Å².